The van der Waals surface area contributed by atoms with Crippen LogP contribution in [0.4, 0.5) is 5.95 Å². The number of aliphatic hydroxyl groups is 1. The fraction of sp³-hybridized carbons (Fsp3) is 0.478. The number of ether oxygens (including phenoxy) is 1. The van der Waals surface area contributed by atoms with Gasteiger partial charge in [-0.05, 0) is 44.7 Å². The molecule has 1 aliphatic rings. The van der Waals surface area contributed by atoms with Crippen molar-refractivity contribution in [2.75, 3.05) is 26.1 Å². The van der Waals surface area contributed by atoms with Gasteiger partial charge in [0.25, 0.3) is 5.91 Å². The molecule has 1 atom stereocenters. The average Bonchev–Trinajstić information content (AvgIpc) is 3.18. The number of nitrogens with zero attached hydrogens (tertiary/aromatic N) is 4. The van der Waals surface area contributed by atoms with Crippen molar-refractivity contribution in [1.29, 1.82) is 0 Å². The predicted molar refractivity (Wildman–Crippen MR) is 122 cm³/mol. The van der Waals surface area contributed by atoms with E-state index in [0.29, 0.717) is 18.1 Å². The van der Waals surface area contributed by atoms with Crippen LogP contribution in [-0.2, 0) is 4.74 Å². The number of methoxy groups -OCH3 is 1. The van der Waals surface area contributed by atoms with E-state index in [0.717, 1.165) is 48.0 Å². The summed E-state index contributed by atoms with van der Waals surface area (Å²) in [7, 11) is 3.27. The van der Waals surface area contributed by atoms with Crippen molar-refractivity contribution in [1.82, 2.24) is 24.9 Å². The number of carbonyl (C=O) groups excluding carboxylic acids is 1. The molecule has 0 aliphatic heterocycles. The van der Waals surface area contributed by atoms with Crippen molar-refractivity contribution in [3.8, 4) is 11.1 Å². The van der Waals surface area contributed by atoms with Gasteiger partial charge in [-0.1, -0.05) is 0 Å². The second kappa shape index (κ2) is 9.62. The highest BCUT2D eigenvalue weighted by Gasteiger charge is 2.26. The Bertz CT molecular complexity index is 1090. The summed E-state index contributed by atoms with van der Waals surface area (Å²) in [4.78, 5) is 20.9. The summed E-state index contributed by atoms with van der Waals surface area (Å²) in [5.41, 5.74) is 4.20. The highest BCUT2D eigenvalue weighted by Crippen LogP contribution is 2.37. The molecule has 0 bridgehead atoms. The third-order valence-electron chi connectivity index (χ3n) is 5.99. The minimum Gasteiger partial charge on any atom is -0.393 e. The summed E-state index contributed by atoms with van der Waals surface area (Å²) in [5, 5.41) is 20.7. The van der Waals surface area contributed by atoms with Gasteiger partial charge in [0.2, 0.25) is 5.95 Å². The number of carbonyl (C=O) groups is 1. The van der Waals surface area contributed by atoms with Crippen LogP contribution >= 0.6 is 0 Å². The zero-order chi connectivity index (χ0) is 22.7. The van der Waals surface area contributed by atoms with Crippen LogP contribution in [0.1, 0.15) is 54.6 Å². The monoisotopic (exact) mass is 438 g/mol. The molecule has 0 unspecified atom stereocenters. The minimum atomic E-state index is -0.230. The van der Waals surface area contributed by atoms with Crippen LogP contribution in [0.15, 0.2) is 30.7 Å². The van der Waals surface area contributed by atoms with Crippen LogP contribution in [0.2, 0.25) is 0 Å². The number of hydrogen-bond donors (Lipinski definition) is 3. The first-order chi connectivity index (χ1) is 15.5. The molecule has 3 heterocycles. The molecule has 3 aromatic heterocycles. The first-order valence-electron chi connectivity index (χ1n) is 11.0. The van der Waals surface area contributed by atoms with Gasteiger partial charge in [-0.25, -0.2) is 9.50 Å². The van der Waals surface area contributed by atoms with Crippen molar-refractivity contribution >= 4 is 17.4 Å². The van der Waals surface area contributed by atoms with Crippen LogP contribution in [0.25, 0.3) is 16.6 Å². The molecular formula is C23H30N6O3. The van der Waals surface area contributed by atoms with Crippen molar-refractivity contribution in [2.45, 2.75) is 50.7 Å². The number of aromatic nitrogens is 4. The van der Waals surface area contributed by atoms with Gasteiger partial charge in [-0.15, -0.1) is 5.10 Å². The van der Waals surface area contributed by atoms with Crippen molar-refractivity contribution in [3.05, 3.63) is 42.0 Å². The Hall–Kier alpha value is -3.04. The highest BCUT2D eigenvalue weighted by molar-refractivity contribution is 5.95. The lowest BCUT2D eigenvalue weighted by molar-refractivity contribution is 0.0962. The van der Waals surface area contributed by atoms with Crippen LogP contribution in [0, 0.1) is 0 Å². The quantitative estimate of drug-likeness (QED) is 0.520. The van der Waals surface area contributed by atoms with Crippen molar-refractivity contribution in [3.63, 3.8) is 0 Å². The van der Waals surface area contributed by atoms with Gasteiger partial charge in [-0.3, -0.25) is 9.78 Å². The topological polar surface area (TPSA) is 114 Å². The molecule has 9 heteroatoms. The Morgan fingerprint density at radius 1 is 1.25 bits per heavy atom. The zero-order valence-corrected chi connectivity index (χ0v) is 18.7. The highest BCUT2D eigenvalue weighted by atomic mass is 16.5. The summed E-state index contributed by atoms with van der Waals surface area (Å²) < 4.78 is 7.15. The van der Waals surface area contributed by atoms with E-state index in [1.54, 1.807) is 32.7 Å². The molecule has 0 aromatic carbocycles. The number of hydrogen-bond acceptors (Lipinski definition) is 7. The number of pyridine rings is 1. The third kappa shape index (κ3) is 4.58. The second-order valence-electron chi connectivity index (χ2n) is 8.41. The van der Waals surface area contributed by atoms with Gasteiger partial charge >= 0.3 is 0 Å². The Labute approximate surface area is 187 Å². The molecule has 9 nitrogen and oxygen atoms in total. The maximum atomic E-state index is 12.1. The summed E-state index contributed by atoms with van der Waals surface area (Å²) in [6.45, 7) is 2.56. The molecule has 1 amide bonds. The lowest BCUT2D eigenvalue weighted by Crippen LogP contribution is -2.23. The van der Waals surface area contributed by atoms with Crippen LogP contribution < -0.4 is 10.6 Å². The second-order valence-corrected chi connectivity index (χ2v) is 8.41. The summed E-state index contributed by atoms with van der Waals surface area (Å²) in [6, 6.07) is 4.02. The number of aliphatic hydroxyl groups excluding tert-OH is 1. The zero-order valence-electron chi connectivity index (χ0n) is 18.7. The number of nitrogens with one attached hydrogen (secondary N) is 2. The SMILES string of the molecule is CNC(=O)c1cncc(-c2cc(C3CCC(O)CC3)n3nc(N[C@@H](C)COC)ncc23)c1. The van der Waals surface area contributed by atoms with Crippen LogP contribution in [-0.4, -0.2) is 63.5 Å². The van der Waals surface area contributed by atoms with Crippen molar-refractivity contribution in [2.24, 2.45) is 0 Å². The average molecular weight is 439 g/mol. The van der Waals surface area contributed by atoms with Crippen LogP contribution in [0.3, 0.4) is 0 Å². The van der Waals surface area contributed by atoms with E-state index in [-0.39, 0.29) is 24.0 Å². The van der Waals surface area contributed by atoms with Gasteiger partial charge in [0.1, 0.15) is 0 Å². The molecule has 3 N–H and O–H groups in total. The van der Waals surface area contributed by atoms with Gasteiger partial charge < -0.3 is 20.5 Å². The Morgan fingerprint density at radius 2 is 2.03 bits per heavy atom. The lowest BCUT2D eigenvalue weighted by Gasteiger charge is -2.25. The minimum absolute atomic E-state index is 0.0641. The van der Waals surface area contributed by atoms with Crippen LogP contribution in [0.5, 0.6) is 0 Å². The molecule has 1 aliphatic carbocycles. The Morgan fingerprint density at radius 3 is 2.75 bits per heavy atom. The number of fused-ring (bicyclic) bond motifs is 1. The van der Waals surface area contributed by atoms with E-state index in [1.807, 2.05) is 17.5 Å². The van der Waals surface area contributed by atoms with E-state index < -0.39 is 0 Å². The molecule has 0 radical (unpaired) electrons. The van der Waals surface area contributed by atoms with E-state index in [1.165, 1.54) is 0 Å². The Kier molecular flexibility index (Phi) is 6.66. The summed E-state index contributed by atoms with van der Waals surface area (Å²) >= 11 is 0. The van der Waals surface area contributed by atoms with Gasteiger partial charge in [0.15, 0.2) is 0 Å². The lowest BCUT2D eigenvalue weighted by atomic mass is 9.85. The van der Waals surface area contributed by atoms with Crippen molar-refractivity contribution < 1.29 is 14.6 Å². The molecule has 0 spiro atoms. The maximum Gasteiger partial charge on any atom is 0.252 e. The molecule has 0 saturated heterocycles. The number of rotatable bonds is 7. The Balaban J connectivity index is 1.79. The molecular weight excluding hydrogens is 408 g/mol. The standard InChI is InChI=1S/C23H30N6O3/c1-14(13-32-3)27-23-26-12-21-19(16-8-17(11-25-10-16)22(31)24-2)9-20(29(21)28-23)15-4-6-18(30)7-5-15/h8-12,14-15,18,30H,4-7,13H2,1-3H3,(H,24,31)(H,27,28)/t14-,15?,18?/m0/s1. The fourth-order valence-corrected chi connectivity index (χ4v) is 4.34. The van der Waals surface area contributed by atoms with Gasteiger partial charge in [0, 0.05) is 55.3 Å². The number of anilines is 1. The molecule has 1 saturated carbocycles. The first-order valence-corrected chi connectivity index (χ1v) is 11.0. The molecule has 4 rings (SSSR count). The summed E-state index contributed by atoms with van der Waals surface area (Å²) in [5.74, 6) is 0.631. The van der Waals surface area contributed by atoms with E-state index in [2.05, 4.69) is 26.7 Å². The molecule has 170 valence electrons. The maximum absolute atomic E-state index is 12.1. The molecule has 3 aromatic rings. The first kappa shape index (κ1) is 22.2. The number of amides is 1. The summed E-state index contributed by atoms with van der Waals surface area (Å²) in [6.07, 6.45) is 8.24. The molecule has 1 fully saturated rings. The van der Waals surface area contributed by atoms with E-state index in [4.69, 9.17) is 9.84 Å². The normalized spacial score (nSPS) is 19.6. The molecule has 32 heavy (non-hydrogen) atoms. The van der Waals surface area contributed by atoms with Gasteiger partial charge in [-0.2, -0.15) is 0 Å². The third-order valence-corrected chi connectivity index (χ3v) is 5.99. The predicted octanol–water partition coefficient (Wildman–Crippen LogP) is 2.62. The van der Waals surface area contributed by atoms with E-state index >= 15 is 0 Å². The smallest absolute Gasteiger partial charge is 0.252 e. The fourth-order valence-electron chi connectivity index (χ4n) is 4.34. The van der Waals surface area contributed by atoms with E-state index in [9.17, 15) is 9.90 Å². The largest absolute Gasteiger partial charge is 0.393 e. The van der Waals surface area contributed by atoms with Gasteiger partial charge in [0.05, 0.1) is 30.0 Å².